The highest BCUT2D eigenvalue weighted by Crippen LogP contribution is 2.34. The van der Waals surface area contributed by atoms with Gasteiger partial charge in [-0.15, -0.1) is 11.8 Å². The Morgan fingerprint density at radius 2 is 1.46 bits per heavy atom. The zero-order chi connectivity index (χ0) is 27.9. The van der Waals surface area contributed by atoms with Crippen LogP contribution in [-0.2, 0) is 19.3 Å². The van der Waals surface area contributed by atoms with Crippen molar-refractivity contribution in [3.63, 3.8) is 0 Å². The van der Waals surface area contributed by atoms with Gasteiger partial charge in [-0.2, -0.15) is 4.98 Å². The second kappa shape index (κ2) is 12.6. The van der Waals surface area contributed by atoms with Crippen LogP contribution in [0.4, 0.5) is 11.8 Å². The molecule has 8 nitrogen and oxygen atoms in total. The largest absolute Gasteiger partial charge is 0.505 e. The summed E-state index contributed by atoms with van der Waals surface area (Å²) in [5, 5.41) is 23.1. The second-order valence-electron chi connectivity index (χ2n) is 9.22. The Balaban J connectivity index is 0.000000212. The highest BCUT2D eigenvalue weighted by Gasteiger charge is 2.17. The quantitative estimate of drug-likeness (QED) is 0.143. The van der Waals surface area contributed by atoms with Gasteiger partial charge in [-0.3, -0.25) is 9.97 Å². The molecule has 0 aliphatic carbocycles. The van der Waals surface area contributed by atoms with E-state index in [0.717, 1.165) is 63.7 Å². The molecule has 0 saturated heterocycles. The summed E-state index contributed by atoms with van der Waals surface area (Å²) in [6.07, 6.45) is 9.55. The van der Waals surface area contributed by atoms with Gasteiger partial charge in [0, 0.05) is 35.2 Å². The fraction of sp³-hybridized carbons (Fsp3) is 0.267. The van der Waals surface area contributed by atoms with Gasteiger partial charge in [0.05, 0.1) is 0 Å². The summed E-state index contributed by atoms with van der Waals surface area (Å²) >= 11 is 1.49. The van der Waals surface area contributed by atoms with Gasteiger partial charge in [0.15, 0.2) is 0 Å². The summed E-state index contributed by atoms with van der Waals surface area (Å²) in [6.45, 7) is 4.18. The van der Waals surface area contributed by atoms with Crippen LogP contribution in [0.1, 0.15) is 48.9 Å². The number of rotatable bonds is 7. The number of hydrogen-bond acceptors (Lipinski definition) is 9. The lowest BCUT2D eigenvalue weighted by molar-refractivity contribution is 0.472. The van der Waals surface area contributed by atoms with Crippen molar-refractivity contribution in [2.45, 2.75) is 51.0 Å². The molecular weight excluding hydrogens is 508 g/mol. The van der Waals surface area contributed by atoms with Crippen LogP contribution in [0.3, 0.4) is 0 Å². The van der Waals surface area contributed by atoms with Gasteiger partial charge < -0.3 is 21.7 Å². The first-order valence-electron chi connectivity index (χ1n) is 13.0. The molecule has 9 heteroatoms. The average molecular weight is 543 g/mol. The Kier molecular flexibility index (Phi) is 9.03. The molecule has 6 N–H and O–H groups in total. The van der Waals surface area contributed by atoms with Crippen molar-refractivity contribution in [3.05, 3.63) is 77.1 Å². The lowest BCUT2D eigenvalue weighted by Crippen LogP contribution is -2.07. The van der Waals surface area contributed by atoms with Crippen LogP contribution in [0, 0.1) is 0 Å². The zero-order valence-electron chi connectivity index (χ0n) is 22.5. The number of fused-ring (bicyclic) bond motifs is 2. The first-order valence-corrected chi connectivity index (χ1v) is 14.2. The fourth-order valence-corrected chi connectivity index (χ4v) is 5.24. The Labute approximate surface area is 232 Å². The molecule has 0 atom stereocenters. The smallest absolute Gasteiger partial charge is 0.223 e. The minimum Gasteiger partial charge on any atom is -0.505 e. The lowest BCUT2D eigenvalue weighted by Gasteiger charge is -2.14. The van der Waals surface area contributed by atoms with E-state index in [9.17, 15) is 10.2 Å². The van der Waals surface area contributed by atoms with Crippen molar-refractivity contribution in [2.24, 2.45) is 0 Å². The maximum Gasteiger partial charge on any atom is 0.223 e. The number of nitrogen functional groups attached to an aromatic ring is 2. The number of hydrogen-bond donors (Lipinski definition) is 4. The third-order valence-corrected chi connectivity index (χ3v) is 7.20. The summed E-state index contributed by atoms with van der Waals surface area (Å²) in [4.78, 5) is 16.9. The molecule has 3 aromatic heterocycles. The van der Waals surface area contributed by atoms with Gasteiger partial charge in [-0.05, 0) is 47.9 Å². The van der Waals surface area contributed by atoms with Crippen molar-refractivity contribution in [1.82, 2.24) is 19.9 Å². The van der Waals surface area contributed by atoms with E-state index in [1.54, 1.807) is 12.4 Å². The SMILES string of the molecule is CCCc1cc(Cc2c(N)nc(N)nc2SC)c2cccnc2c1O.CCCc1ccc2cccnc2c1O. The third-order valence-electron chi connectivity index (χ3n) is 6.48. The number of benzene rings is 2. The molecule has 39 heavy (non-hydrogen) atoms. The number of anilines is 2. The van der Waals surface area contributed by atoms with Crippen LogP contribution in [0.5, 0.6) is 11.5 Å². The van der Waals surface area contributed by atoms with Crippen LogP contribution in [0.15, 0.2) is 59.9 Å². The summed E-state index contributed by atoms with van der Waals surface area (Å²) in [5.41, 5.74) is 16.9. The van der Waals surface area contributed by atoms with Gasteiger partial charge in [0.25, 0.3) is 0 Å². The van der Waals surface area contributed by atoms with Crippen LogP contribution in [-0.4, -0.2) is 36.4 Å². The first kappa shape index (κ1) is 27.9. The average Bonchev–Trinajstić information content (AvgIpc) is 2.94. The Morgan fingerprint density at radius 1 is 0.795 bits per heavy atom. The number of pyridine rings is 2. The fourth-order valence-electron chi connectivity index (χ4n) is 4.63. The predicted molar refractivity (Wildman–Crippen MR) is 160 cm³/mol. The molecule has 202 valence electrons. The van der Waals surface area contributed by atoms with Crippen molar-refractivity contribution in [2.75, 3.05) is 17.7 Å². The molecule has 0 unspecified atom stereocenters. The number of phenols is 2. The molecule has 0 fully saturated rings. The molecule has 0 aliphatic heterocycles. The molecule has 0 aliphatic rings. The molecule has 3 heterocycles. The minimum atomic E-state index is 0.175. The normalized spacial score (nSPS) is 10.9. The maximum absolute atomic E-state index is 10.5. The van der Waals surface area contributed by atoms with Crippen molar-refractivity contribution in [3.8, 4) is 11.5 Å². The number of aromatic nitrogens is 4. The molecule has 5 aromatic rings. The van der Waals surface area contributed by atoms with Gasteiger partial charge in [0.1, 0.15) is 33.4 Å². The molecule has 0 radical (unpaired) electrons. The Hall–Kier alpha value is -4.11. The van der Waals surface area contributed by atoms with Gasteiger partial charge in [-0.1, -0.05) is 57.0 Å². The van der Waals surface area contributed by atoms with E-state index >= 15 is 0 Å². The van der Waals surface area contributed by atoms with Crippen molar-refractivity contribution < 1.29 is 10.2 Å². The van der Waals surface area contributed by atoms with E-state index in [-0.39, 0.29) is 11.7 Å². The minimum absolute atomic E-state index is 0.175. The van der Waals surface area contributed by atoms with Gasteiger partial charge in [0.2, 0.25) is 5.95 Å². The molecule has 0 saturated carbocycles. The monoisotopic (exact) mass is 542 g/mol. The summed E-state index contributed by atoms with van der Waals surface area (Å²) in [6, 6.07) is 13.7. The van der Waals surface area contributed by atoms with E-state index in [2.05, 4.69) is 33.8 Å². The predicted octanol–water partition coefficient (Wildman–Crippen LogP) is 6.05. The van der Waals surface area contributed by atoms with Crippen LogP contribution in [0.25, 0.3) is 21.8 Å². The highest BCUT2D eigenvalue weighted by molar-refractivity contribution is 7.98. The first-order chi connectivity index (χ1) is 18.9. The number of nitrogens with zero attached hydrogens (tertiary/aromatic N) is 4. The van der Waals surface area contributed by atoms with E-state index in [1.165, 1.54) is 11.8 Å². The highest BCUT2D eigenvalue weighted by atomic mass is 32.2. The van der Waals surface area contributed by atoms with Gasteiger partial charge >= 0.3 is 0 Å². The summed E-state index contributed by atoms with van der Waals surface area (Å²) in [7, 11) is 0. The molecule has 5 rings (SSSR count). The molecule has 0 amide bonds. The number of aromatic hydroxyl groups is 2. The molecule has 0 bridgehead atoms. The Morgan fingerprint density at radius 3 is 2.18 bits per heavy atom. The van der Waals surface area contributed by atoms with E-state index < -0.39 is 0 Å². The van der Waals surface area contributed by atoms with Crippen molar-refractivity contribution >= 4 is 45.3 Å². The van der Waals surface area contributed by atoms with E-state index in [1.807, 2.05) is 48.7 Å². The number of nitrogens with two attached hydrogens (primary N) is 2. The third kappa shape index (κ3) is 6.15. The standard InChI is InChI=1S/C18H21N5OS.C12H13NO/c1-3-5-10-8-11(12-6-4-7-21-14(12)15(10)24)9-13-16(19)22-18(20)23-17(13)25-2;1-2-4-10-7-6-9-5-3-8-13-11(9)12(10)14/h4,6-8,24H,3,5,9H2,1-2H3,(H4,19,20,22,23);3,5-8,14H,2,4H2,1H3. The summed E-state index contributed by atoms with van der Waals surface area (Å²) in [5.74, 6) is 1.16. The van der Waals surface area contributed by atoms with Crippen LogP contribution in [0.2, 0.25) is 0 Å². The van der Waals surface area contributed by atoms with E-state index in [0.29, 0.717) is 29.0 Å². The van der Waals surface area contributed by atoms with E-state index in [4.69, 9.17) is 11.5 Å². The topological polar surface area (TPSA) is 144 Å². The van der Waals surface area contributed by atoms with Gasteiger partial charge in [-0.25, -0.2) is 4.98 Å². The lowest BCUT2D eigenvalue weighted by atomic mass is 9.96. The number of aryl methyl sites for hydroxylation is 2. The Bertz CT molecular complexity index is 1610. The van der Waals surface area contributed by atoms with Crippen LogP contribution >= 0.6 is 11.8 Å². The molecular formula is C30H34N6O2S. The summed E-state index contributed by atoms with van der Waals surface area (Å²) < 4.78 is 0. The maximum atomic E-state index is 10.5. The zero-order valence-corrected chi connectivity index (χ0v) is 23.3. The van der Waals surface area contributed by atoms with Crippen LogP contribution < -0.4 is 11.5 Å². The number of thioether (sulfide) groups is 1. The molecule has 0 spiro atoms. The molecule has 2 aromatic carbocycles. The number of phenolic OH excluding ortho intramolecular Hbond substituents is 2. The second-order valence-corrected chi connectivity index (χ2v) is 10.0. The van der Waals surface area contributed by atoms with Crippen molar-refractivity contribution in [1.29, 1.82) is 0 Å².